The van der Waals surface area contributed by atoms with E-state index in [9.17, 15) is 9.90 Å². The first-order valence-corrected chi connectivity index (χ1v) is 8.46. The van der Waals surface area contributed by atoms with Crippen molar-refractivity contribution in [3.05, 3.63) is 0 Å². The summed E-state index contributed by atoms with van der Waals surface area (Å²) in [6.45, 7) is 8.68. The molecular formula is C17H31NO2. The molecule has 2 aliphatic rings. The van der Waals surface area contributed by atoms with Gasteiger partial charge in [-0.3, -0.25) is 9.69 Å². The van der Waals surface area contributed by atoms with Gasteiger partial charge in [0.2, 0.25) is 0 Å². The molecule has 116 valence electrons. The number of carbonyl (C=O) groups is 1. The zero-order valence-corrected chi connectivity index (χ0v) is 13.4. The molecule has 4 unspecified atom stereocenters. The average molecular weight is 281 g/mol. The summed E-state index contributed by atoms with van der Waals surface area (Å²) in [5.41, 5.74) is -0.479. The maximum atomic E-state index is 11.8. The van der Waals surface area contributed by atoms with Crippen LogP contribution in [0, 0.1) is 17.3 Å². The molecule has 1 heterocycles. The highest BCUT2D eigenvalue weighted by Gasteiger charge is 2.44. The molecule has 0 aromatic rings. The number of piperidine rings is 1. The van der Waals surface area contributed by atoms with Gasteiger partial charge in [0.05, 0.1) is 5.41 Å². The van der Waals surface area contributed by atoms with Gasteiger partial charge in [-0.1, -0.05) is 33.6 Å². The first-order valence-electron chi connectivity index (χ1n) is 8.46. The van der Waals surface area contributed by atoms with Crippen molar-refractivity contribution in [3.63, 3.8) is 0 Å². The van der Waals surface area contributed by atoms with Crippen molar-refractivity contribution < 1.29 is 9.90 Å². The van der Waals surface area contributed by atoms with Crippen molar-refractivity contribution >= 4 is 5.97 Å². The van der Waals surface area contributed by atoms with E-state index in [1.165, 1.54) is 19.3 Å². The smallest absolute Gasteiger partial charge is 0.310 e. The molecular weight excluding hydrogens is 250 g/mol. The Balaban J connectivity index is 2.10. The largest absolute Gasteiger partial charge is 0.481 e. The second kappa shape index (κ2) is 6.46. The number of likely N-dealkylation sites (tertiary alicyclic amines) is 1. The standard InChI is InChI=1S/C17H31NO2/c1-4-8-17(16(19)20)9-5-10-18(12-17)15-11-13(2)6-7-14(15)3/h13-15H,4-12H2,1-3H3,(H,19,20). The van der Waals surface area contributed by atoms with Gasteiger partial charge in [0.25, 0.3) is 0 Å². The first-order chi connectivity index (χ1) is 9.48. The topological polar surface area (TPSA) is 40.5 Å². The zero-order chi connectivity index (χ0) is 14.8. The lowest BCUT2D eigenvalue weighted by Gasteiger charge is -2.47. The van der Waals surface area contributed by atoms with Crippen molar-refractivity contribution in [1.29, 1.82) is 0 Å². The van der Waals surface area contributed by atoms with Crippen LogP contribution in [0.5, 0.6) is 0 Å². The average Bonchev–Trinajstić information content (AvgIpc) is 2.42. The Bertz CT molecular complexity index is 340. The molecule has 20 heavy (non-hydrogen) atoms. The molecule has 1 saturated carbocycles. The number of hydrogen-bond donors (Lipinski definition) is 1. The third-order valence-electron chi connectivity index (χ3n) is 5.67. The van der Waals surface area contributed by atoms with Crippen molar-refractivity contribution in [1.82, 2.24) is 4.90 Å². The molecule has 0 aromatic carbocycles. The Morgan fingerprint density at radius 1 is 1.35 bits per heavy atom. The van der Waals surface area contributed by atoms with E-state index in [4.69, 9.17) is 0 Å². The summed E-state index contributed by atoms with van der Waals surface area (Å²) in [6.07, 6.45) is 7.60. The third-order valence-corrected chi connectivity index (χ3v) is 5.67. The van der Waals surface area contributed by atoms with Crippen LogP contribution in [-0.2, 0) is 4.79 Å². The van der Waals surface area contributed by atoms with Crippen LogP contribution in [0.15, 0.2) is 0 Å². The number of nitrogens with zero attached hydrogens (tertiary/aromatic N) is 1. The van der Waals surface area contributed by atoms with E-state index in [2.05, 4.69) is 25.7 Å². The number of carboxylic acid groups (broad SMARTS) is 1. The molecule has 1 aliphatic carbocycles. The van der Waals surface area contributed by atoms with Gasteiger partial charge in [0.15, 0.2) is 0 Å². The Kier molecular flexibility index (Phi) is 5.11. The number of hydrogen-bond acceptors (Lipinski definition) is 2. The van der Waals surface area contributed by atoms with Crippen LogP contribution in [0.2, 0.25) is 0 Å². The maximum Gasteiger partial charge on any atom is 0.310 e. The summed E-state index contributed by atoms with van der Waals surface area (Å²) in [4.78, 5) is 14.3. The van der Waals surface area contributed by atoms with Crippen LogP contribution < -0.4 is 0 Å². The lowest BCUT2D eigenvalue weighted by molar-refractivity contribution is -0.154. The second-order valence-corrected chi connectivity index (χ2v) is 7.37. The van der Waals surface area contributed by atoms with Gasteiger partial charge >= 0.3 is 5.97 Å². The van der Waals surface area contributed by atoms with E-state index in [-0.39, 0.29) is 0 Å². The summed E-state index contributed by atoms with van der Waals surface area (Å²) < 4.78 is 0. The zero-order valence-electron chi connectivity index (χ0n) is 13.4. The van der Waals surface area contributed by atoms with E-state index >= 15 is 0 Å². The molecule has 1 saturated heterocycles. The molecule has 2 fully saturated rings. The fourth-order valence-electron chi connectivity index (χ4n) is 4.43. The summed E-state index contributed by atoms with van der Waals surface area (Å²) in [5, 5.41) is 9.73. The number of aliphatic carboxylic acids is 1. The van der Waals surface area contributed by atoms with E-state index in [1.807, 2.05) is 0 Å². The summed E-state index contributed by atoms with van der Waals surface area (Å²) in [6, 6.07) is 0.606. The first kappa shape index (κ1) is 15.8. The van der Waals surface area contributed by atoms with Gasteiger partial charge in [-0.05, 0) is 50.5 Å². The minimum absolute atomic E-state index is 0.479. The Morgan fingerprint density at radius 3 is 2.75 bits per heavy atom. The summed E-state index contributed by atoms with van der Waals surface area (Å²) >= 11 is 0. The Labute approximate surface area is 123 Å². The quantitative estimate of drug-likeness (QED) is 0.852. The number of rotatable bonds is 4. The van der Waals surface area contributed by atoms with Crippen molar-refractivity contribution in [2.24, 2.45) is 17.3 Å². The van der Waals surface area contributed by atoms with Crippen LogP contribution >= 0.6 is 0 Å². The van der Waals surface area contributed by atoms with Crippen LogP contribution in [0.1, 0.15) is 65.7 Å². The minimum Gasteiger partial charge on any atom is -0.481 e. The molecule has 1 aliphatic heterocycles. The molecule has 4 atom stereocenters. The highest BCUT2D eigenvalue weighted by molar-refractivity contribution is 5.75. The lowest BCUT2D eigenvalue weighted by Crippen LogP contribution is -2.54. The van der Waals surface area contributed by atoms with Gasteiger partial charge in [-0.25, -0.2) is 0 Å². The normalized spacial score (nSPS) is 39.6. The summed E-state index contributed by atoms with van der Waals surface area (Å²) in [7, 11) is 0. The predicted molar refractivity (Wildman–Crippen MR) is 81.8 cm³/mol. The fraction of sp³-hybridized carbons (Fsp3) is 0.941. The van der Waals surface area contributed by atoms with Crippen LogP contribution in [-0.4, -0.2) is 35.1 Å². The van der Waals surface area contributed by atoms with Gasteiger partial charge < -0.3 is 5.11 Å². The predicted octanol–water partition coefficient (Wildman–Crippen LogP) is 3.78. The van der Waals surface area contributed by atoms with E-state index in [0.717, 1.165) is 50.6 Å². The molecule has 0 amide bonds. The molecule has 3 nitrogen and oxygen atoms in total. The van der Waals surface area contributed by atoms with Gasteiger partial charge in [-0.2, -0.15) is 0 Å². The summed E-state index contributed by atoms with van der Waals surface area (Å²) in [5.74, 6) is 0.946. The molecule has 0 radical (unpaired) electrons. The Hall–Kier alpha value is -0.570. The van der Waals surface area contributed by atoms with Gasteiger partial charge in [-0.15, -0.1) is 0 Å². The second-order valence-electron chi connectivity index (χ2n) is 7.37. The third kappa shape index (κ3) is 3.19. The Morgan fingerprint density at radius 2 is 2.10 bits per heavy atom. The van der Waals surface area contributed by atoms with Crippen molar-refractivity contribution in [3.8, 4) is 0 Å². The van der Waals surface area contributed by atoms with Gasteiger partial charge in [0, 0.05) is 12.6 Å². The van der Waals surface area contributed by atoms with Crippen molar-refractivity contribution in [2.45, 2.75) is 71.8 Å². The molecule has 0 spiro atoms. The van der Waals surface area contributed by atoms with E-state index in [1.54, 1.807) is 0 Å². The highest BCUT2D eigenvalue weighted by Crippen LogP contribution is 2.39. The monoisotopic (exact) mass is 281 g/mol. The van der Waals surface area contributed by atoms with Crippen LogP contribution in [0.25, 0.3) is 0 Å². The maximum absolute atomic E-state index is 11.8. The van der Waals surface area contributed by atoms with E-state index < -0.39 is 11.4 Å². The molecule has 2 rings (SSSR count). The van der Waals surface area contributed by atoms with Crippen molar-refractivity contribution in [2.75, 3.05) is 13.1 Å². The lowest BCUT2D eigenvalue weighted by atomic mass is 9.73. The molecule has 3 heteroatoms. The van der Waals surface area contributed by atoms with Crippen LogP contribution in [0.4, 0.5) is 0 Å². The van der Waals surface area contributed by atoms with E-state index in [0.29, 0.717) is 6.04 Å². The molecule has 1 N–H and O–H groups in total. The minimum atomic E-state index is -0.569. The molecule has 0 aromatic heterocycles. The fourth-order valence-corrected chi connectivity index (χ4v) is 4.43. The molecule has 0 bridgehead atoms. The van der Waals surface area contributed by atoms with Crippen LogP contribution in [0.3, 0.4) is 0 Å². The highest BCUT2D eigenvalue weighted by atomic mass is 16.4. The SMILES string of the molecule is CCCC1(C(=O)O)CCCN(C2CC(C)CCC2C)C1. The number of carboxylic acids is 1. The van der Waals surface area contributed by atoms with Gasteiger partial charge in [0.1, 0.15) is 0 Å².